The average molecular weight is 429 g/mol. The molecule has 0 saturated carbocycles. The monoisotopic (exact) mass is 428 g/mol. The maximum Gasteiger partial charge on any atom is 0.242 e. The molecule has 0 aliphatic rings. The zero-order valence-corrected chi connectivity index (χ0v) is 19.4. The third kappa shape index (κ3) is 7.49. The van der Waals surface area contributed by atoms with Gasteiger partial charge in [-0.25, -0.2) is 0 Å². The molecule has 0 heterocycles. The van der Waals surface area contributed by atoms with Crippen LogP contribution >= 0.6 is 11.6 Å². The summed E-state index contributed by atoms with van der Waals surface area (Å²) < 4.78 is 0. The Balaban J connectivity index is 2.15. The van der Waals surface area contributed by atoms with Gasteiger partial charge in [0.25, 0.3) is 0 Å². The molecule has 5 heteroatoms. The number of halogens is 1. The van der Waals surface area contributed by atoms with Crippen LogP contribution in [0.4, 0.5) is 0 Å². The van der Waals surface area contributed by atoms with E-state index in [0.717, 1.165) is 17.5 Å². The molecular formula is C25H33ClN2O2. The van der Waals surface area contributed by atoms with Gasteiger partial charge in [-0.05, 0) is 69.4 Å². The van der Waals surface area contributed by atoms with E-state index in [1.54, 1.807) is 17.9 Å². The van der Waals surface area contributed by atoms with Gasteiger partial charge in [0, 0.05) is 23.5 Å². The molecule has 1 N–H and O–H groups in total. The average Bonchev–Trinajstić information content (AvgIpc) is 2.69. The first-order valence-corrected chi connectivity index (χ1v) is 10.9. The van der Waals surface area contributed by atoms with Crippen molar-refractivity contribution in [3.63, 3.8) is 0 Å². The highest BCUT2D eigenvalue weighted by Crippen LogP contribution is 2.17. The molecule has 2 aromatic carbocycles. The van der Waals surface area contributed by atoms with Crippen molar-refractivity contribution in [2.75, 3.05) is 0 Å². The van der Waals surface area contributed by atoms with Crippen LogP contribution in [0.1, 0.15) is 57.7 Å². The number of amides is 2. The first-order chi connectivity index (χ1) is 14.1. The standard InChI is InChI=1S/C25H33ClN2O2/c1-6-19-10-12-20(13-11-19)14-15-23(29)28(17-21-8-7-9-22(26)16-21)18(2)24(30)27-25(3,4)5/h7-13,16,18H,6,14-15,17H2,1-5H3,(H,27,30). The third-order valence-corrected chi connectivity index (χ3v) is 5.20. The van der Waals surface area contributed by atoms with Gasteiger partial charge in [-0.15, -0.1) is 0 Å². The molecule has 1 unspecified atom stereocenters. The van der Waals surface area contributed by atoms with Crippen LogP contribution in [0.2, 0.25) is 5.02 Å². The Morgan fingerprint density at radius 3 is 2.23 bits per heavy atom. The molecule has 4 nitrogen and oxygen atoms in total. The lowest BCUT2D eigenvalue weighted by atomic mass is 10.0. The van der Waals surface area contributed by atoms with Crippen molar-refractivity contribution in [3.8, 4) is 0 Å². The Hall–Kier alpha value is -2.33. The van der Waals surface area contributed by atoms with Gasteiger partial charge in [0.2, 0.25) is 11.8 Å². The lowest BCUT2D eigenvalue weighted by Crippen LogP contribution is -2.52. The fourth-order valence-corrected chi connectivity index (χ4v) is 3.44. The fourth-order valence-electron chi connectivity index (χ4n) is 3.23. The van der Waals surface area contributed by atoms with Gasteiger partial charge in [-0.3, -0.25) is 9.59 Å². The number of carbonyl (C=O) groups excluding carboxylic acids is 2. The van der Waals surface area contributed by atoms with Crippen molar-refractivity contribution >= 4 is 23.4 Å². The minimum atomic E-state index is -0.585. The second-order valence-electron chi connectivity index (χ2n) is 8.74. The van der Waals surface area contributed by atoms with Gasteiger partial charge in [0.15, 0.2) is 0 Å². The molecule has 0 fully saturated rings. The number of rotatable bonds is 8. The van der Waals surface area contributed by atoms with E-state index in [0.29, 0.717) is 24.4 Å². The van der Waals surface area contributed by atoms with Gasteiger partial charge < -0.3 is 10.2 Å². The number of nitrogens with zero attached hydrogens (tertiary/aromatic N) is 1. The summed E-state index contributed by atoms with van der Waals surface area (Å²) in [5.74, 6) is -0.212. The molecule has 0 spiro atoms. The topological polar surface area (TPSA) is 49.4 Å². The number of aryl methyl sites for hydroxylation is 2. The van der Waals surface area contributed by atoms with Crippen molar-refractivity contribution in [1.29, 1.82) is 0 Å². The van der Waals surface area contributed by atoms with Crippen LogP contribution in [-0.2, 0) is 29.0 Å². The molecular weight excluding hydrogens is 396 g/mol. The summed E-state index contributed by atoms with van der Waals surface area (Å²) in [6.07, 6.45) is 1.98. The van der Waals surface area contributed by atoms with Crippen molar-refractivity contribution in [2.45, 2.75) is 72.0 Å². The van der Waals surface area contributed by atoms with Gasteiger partial charge >= 0.3 is 0 Å². The number of hydrogen-bond donors (Lipinski definition) is 1. The van der Waals surface area contributed by atoms with E-state index in [9.17, 15) is 9.59 Å². The van der Waals surface area contributed by atoms with Crippen molar-refractivity contribution in [3.05, 3.63) is 70.2 Å². The molecule has 0 bridgehead atoms. The van der Waals surface area contributed by atoms with Crippen LogP contribution in [0.3, 0.4) is 0 Å². The number of hydrogen-bond acceptors (Lipinski definition) is 2. The summed E-state index contributed by atoms with van der Waals surface area (Å²) >= 11 is 6.12. The number of carbonyl (C=O) groups is 2. The first-order valence-electron chi connectivity index (χ1n) is 10.5. The van der Waals surface area contributed by atoms with E-state index in [1.807, 2.05) is 39.0 Å². The summed E-state index contributed by atoms with van der Waals surface area (Å²) in [5.41, 5.74) is 2.94. The molecule has 1 atom stereocenters. The van der Waals surface area contributed by atoms with Crippen molar-refractivity contribution in [2.24, 2.45) is 0 Å². The van der Waals surface area contributed by atoms with Gasteiger partial charge in [0.05, 0.1) is 0 Å². The lowest BCUT2D eigenvalue weighted by Gasteiger charge is -2.31. The second kappa shape index (κ2) is 10.6. The Bertz CT molecular complexity index is 856. The van der Waals surface area contributed by atoms with E-state index in [1.165, 1.54) is 5.56 Å². The van der Waals surface area contributed by atoms with Crippen LogP contribution in [0.5, 0.6) is 0 Å². The number of benzene rings is 2. The van der Waals surface area contributed by atoms with E-state index < -0.39 is 6.04 Å². The molecule has 0 radical (unpaired) electrons. The van der Waals surface area contributed by atoms with E-state index in [4.69, 9.17) is 11.6 Å². The third-order valence-electron chi connectivity index (χ3n) is 4.97. The van der Waals surface area contributed by atoms with Crippen LogP contribution in [-0.4, -0.2) is 28.3 Å². The quantitative estimate of drug-likeness (QED) is 0.630. The SMILES string of the molecule is CCc1ccc(CCC(=O)N(Cc2cccc(Cl)c2)C(C)C(=O)NC(C)(C)C)cc1. The summed E-state index contributed by atoms with van der Waals surface area (Å²) in [6, 6.07) is 15.2. The Kier molecular flexibility index (Phi) is 8.48. The summed E-state index contributed by atoms with van der Waals surface area (Å²) in [5, 5.41) is 3.59. The molecule has 0 aliphatic carbocycles. The van der Waals surface area contributed by atoms with Crippen LogP contribution in [0.25, 0.3) is 0 Å². The molecule has 30 heavy (non-hydrogen) atoms. The van der Waals surface area contributed by atoms with E-state index in [2.05, 4.69) is 36.5 Å². The van der Waals surface area contributed by atoms with Gasteiger partial charge in [-0.2, -0.15) is 0 Å². The molecule has 2 rings (SSSR count). The summed E-state index contributed by atoms with van der Waals surface area (Å²) in [6.45, 7) is 10.0. The van der Waals surface area contributed by atoms with Crippen molar-refractivity contribution in [1.82, 2.24) is 10.2 Å². The van der Waals surface area contributed by atoms with Crippen LogP contribution < -0.4 is 5.32 Å². The minimum Gasteiger partial charge on any atom is -0.350 e. The van der Waals surface area contributed by atoms with Gasteiger partial charge in [0.1, 0.15) is 6.04 Å². The van der Waals surface area contributed by atoms with Gasteiger partial charge in [-0.1, -0.05) is 54.9 Å². The largest absolute Gasteiger partial charge is 0.350 e. The normalized spacial score (nSPS) is 12.3. The highest BCUT2D eigenvalue weighted by molar-refractivity contribution is 6.30. The van der Waals surface area contributed by atoms with Crippen molar-refractivity contribution < 1.29 is 9.59 Å². The highest BCUT2D eigenvalue weighted by atomic mass is 35.5. The molecule has 0 saturated heterocycles. The highest BCUT2D eigenvalue weighted by Gasteiger charge is 2.28. The van der Waals surface area contributed by atoms with Crippen LogP contribution in [0, 0.1) is 0 Å². The maximum absolute atomic E-state index is 13.2. The maximum atomic E-state index is 13.2. The fraction of sp³-hybridized carbons (Fsp3) is 0.440. The zero-order chi connectivity index (χ0) is 22.3. The minimum absolute atomic E-state index is 0.0499. The summed E-state index contributed by atoms with van der Waals surface area (Å²) in [7, 11) is 0. The Labute approximate surface area is 185 Å². The van der Waals surface area contributed by atoms with Crippen LogP contribution in [0.15, 0.2) is 48.5 Å². The molecule has 0 aliphatic heterocycles. The summed E-state index contributed by atoms with van der Waals surface area (Å²) in [4.78, 5) is 27.6. The smallest absolute Gasteiger partial charge is 0.242 e. The zero-order valence-electron chi connectivity index (χ0n) is 18.7. The Morgan fingerprint density at radius 2 is 1.67 bits per heavy atom. The van der Waals surface area contributed by atoms with E-state index in [-0.39, 0.29) is 17.4 Å². The Morgan fingerprint density at radius 1 is 1.03 bits per heavy atom. The molecule has 2 amide bonds. The number of nitrogens with one attached hydrogen (secondary N) is 1. The first kappa shape index (κ1) is 23.9. The van der Waals surface area contributed by atoms with E-state index >= 15 is 0 Å². The second-order valence-corrected chi connectivity index (χ2v) is 9.17. The molecule has 162 valence electrons. The lowest BCUT2D eigenvalue weighted by molar-refractivity contribution is -0.141. The predicted octanol–water partition coefficient (Wildman–Crippen LogP) is 5.17. The molecule has 2 aromatic rings. The predicted molar refractivity (Wildman–Crippen MR) is 124 cm³/mol. The molecule has 0 aromatic heterocycles.